The van der Waals surface area contributed by atoms with Crippen molar-refractivity contribution in [1.29, 1.82) is 0 Å². The number of carboxylic acids is 1. The van der Waals surface area contributed by atoms with Crippen LogP contribution in [-0.2, 0) is 4.79 Å². The van der Waals surface area contributed by atoms with Gasteiger partial charge >= 0.3 is 5.97 Å². The van der Waals surface area contributed by atoms with Crippen molar-refractivity contribution in [3.05, 3.63) is 35.4 Å². The maximum Gasteiger partial charge on any atom is 0.303 e. The first kappa shape index (κ1) is 22.6. The van der Waals surface area contributed by atoms with Crippen LogP contribution in [0, 0.1) is 11.8 Å². The van der Waals surface area contributed by atoms with Gasteiger partial charge in [-0.05, 0) is 67.4 Å². The molecule has 0 heterocycles. The highest BCUT2D eigenvalue weighted by Crippen LogP contribution is 2.45. The van der Waals surface area contributed by atoms with Crippen molar-refractivity contribution in [2.45, 2.75) is 101 Å². The Labute approximate surface area is 180 Å². The van der Waals surface area contributed by atoms with Gasteiger partial charge in [-0.1, -0.05) is 62.8 Å². The third-order valence-corrected chi connectivity index (χ3v) is 7.76. The first-order chi connectivity index (χ1) is 14.1. The second kappa shape index (κ2) is 11.4. The van der Waals surface area contributed by atoms with Gasteiger partial charge in [0.15, 0.2) is 0 Å². The van der Waals surface area contributed by atoms with E-state index in [1.54, 1.807) is 0 Å². The normalized spacial score (nSPS) is 26.5. The molecule has 29 heavy (non-hydrogen) atoms. The topological polar surface area (TPSA) is 57.5 Å². The highest BCUT2D eigenvalue weighted by atomic mass is 35.5. The fourth-order valence-corrected chi connectivity index (χ4v) is 5.91. The maximum atomic E-state index is 10.8. The molecule has 2 aliphatic carbocycles. The molecule has 3 rings (SSSR count). The van der Waals surface area contributed by atoms with E-state index in [0.29, 0.717) is 17.8 Å². The number of aliphatic hydroxyl groups excluding tert-OH is 1. The molecule has 2 fully saturated rings. The number of aliphatic hydroxyl groups is 1. The molecule has 3 nitrogen and oxygen atoms in total. The number of halogens is 1. The van der Waals surface area contributed by atoms with E-state index in [2.05, 4.69) is 24.3 Å². The summed E-state index contributed by atoms with van der Waals surface area (Å²) in [6.07, 6.45) is 13.4. The molecule has 4 heteroatoms. The van der Waals surface area contributed by atoms with E-state index in [9.17, 15) is 9.90 Å². The van der Waals surface area contributed by atoms with Gasteiger partial charge in [0.25, 0.3) is 0 Å². The van der Waals surface area contributed by atoms with E-state index in [4.69, 9.17) is 16.7 Å². The van der Waals surface area contributed by atoms with Gasteiger partial charge in [-0.15, -0.1) is 11.6 Å². The first-order valence-corrected chi connectivity index (χ1v) is 12.1. The molecular formula is C25H37ClO3. The molecule has 1 unspecified atom stereocenters. The molecule has 1 aromatic rings. The molecule has 4 atom stereocenters. The van der Waals surface area contributed by atoms with Crippen molar-refractivity contribution in [3.8, 4) is 0 Å². The average Bonchev–Trinajstić information content (AvgIpc) is 3.11. The van der Waals surface area contributed by atoms with Gasteiger partial charge in [-0.3, -0.25) is 4.79 Å². The predicted octanol–water partition coefficient (Wildman–Crippen LogP) is 6.83. The lowest BCUT2D eigenvalue weighted by atomic mass is 9.81. The number of hydrogen-bond donors (Lipinski definition) is 2. The Morgan fingerprint density at radius 3 is 2.34 bits per heavy atom. The van der Waals surface area contributed by atoms with Crippen LogP contribution in [0.15, 0.2) is 24.3 Å². The minimum atomic E-state index is -0.696. The summed E-state index contributed by atoms with van der Waals surface area (Å²) < 4.78 is 0. The lowest BCUT2D eigenvalue weighted by Crippen LogP contribution is -2.16. The minimum Gasteiger partial charge on any atom is -0.481 e. The zero-order valence-corrected chi connectivity index (χ0v) is 18.3. The number of unbranched alkanes of at least 4 members (excludes halogenated alkanes) is 3. The Hall–Kier alpha value is -1.06. The van der Waals surface area contributed by atoms with Crippen LogP contribution in [0.5, 0.6) is 0 Å². The summed E-state index contributed by atoms with van der Waals surface area (Å²) in [4.78, 5) is 10.6. The van der Waals surface area contributed by atoms with E-state index in [1.165, 1.54) is 24.8 Å². The molecule has 2 aliphatic rings. The molecule has 0 amide bonds. The van der Waals surface area contributed by atoms with Crippen LogP contribution in [0.4, 0.5) is 0 Å². The Morgan fingerprint density at radius 2 is 1.66 bits per heavy atom. The second-order valence-electron chi connectivity index (χ2n) is 9.22. The lowest BCUT2D eigenvalue weighted by molar-refractivity contribution is -0.137. The maximum absolute atomic E-state index is 10.8. The summed E-state index contributed by atoms with van der Waals surface area (Å²) in [6.45, 7) is 0. The summed E-state index contributed by atoms with van der Waals surface area (Å²) in [6, 6.07) is 8.72. The van der Waals surface area contributed by atoms with Gasteiger partial charge in [0.1, 0.15) is 0 Å². The summed E-state index contributed by atoms with van der Waals surface area (Å²) in [5.41, 5.74) is 2.43. The fourth-order valence-electron chi connectivity index (χ4n) is 5.49. The van der Waals surface area contributed by atoms with Gasteiger partial charge in [-0.25, -0.2) is 0 Å². The number of hydrogen-bond acceptors (Lipinski definition) is 2. The summed E-state index contributed by atoms with van der Waals surface area (Å²) in [5, 5.41) is 19.7. The number of carboxylic acid groups (broad SMARTS) is 1. The molecule has 162 valence electrons. The number of aliphatic carboxylic acids is 1. The molecule has 1 aromatic carbocycles. The lowest BCUT2D eigenvalue weighted by Gasteiger charge is -2.27. The molecule has 0 aromatic heterocycles. The molecular weight excluding hydrogens is 384 g/mol. The van der Waals surface area contributed by atoms with Gasteiger partial charge in [-0.2, -0.15) is 0 Å². The van der Waals surface area contributed by atoms with Gasteiger partial charge in [0.2, 0.25) is 0 Å². The van der Waals surface area contributed by atoms with Crippen LogP contribution in [0.2, 0.25) is 0 Å². The average molecular weight is 421 g/mol. The Kier molecular flexibility index (Phi) is 8.86. The summed E-state index contributed by atoms with van der Waals surface area (Å²) in [5.74, 6) is 0.739. The monoisotopic (exact) mass is 420 g/mol. The SMILES string of the molecule is O=C(O)CCCCCC[C@H]1[C@H](Cl)CC[C@@H]1c1ccc(C(O)C2CCCCC2)cc1. The number of benzene rings is 1. The van der Waals surface area contributed by atoms with Crippen molar-refractivity contribution in [2.75, 3.05) is 0 Å². The van der Waals surface area contributed by atoms with Crippen LogP contribution < -0.4 is 0 Å². The third-order valence-electron chi connectivity index (χ3n) is 7.22. The van der Waals surface area contributed by atoms with Crippen LogP contribution >= 0.6 is 11.6 Å². The standard InChI is InChI=1S/C25H37ClO3/c26-23-17-16-21(22(23)10-6-1-2-7-11-24(27)28)18-12-14-20(15-13-18)25(29)19-8-4-3-5-9-19/h12-15,19,21-23,25,29H,1-11,16-17H2,(H,27,28)/t21-,22-,23-,25?/m1/s1. The highest BCUT2D eigenvalue weighted by Gasteiger charge is 2.35. The Bertz CT molecular complexity index is 623. The second-order valence-corrected chi connectivity index (χ2v) is 9.78. The van der Waals surface area contributed by atoms with Crippen molar-refractivity contribution < 1.29 is 15.0 Å². The first-order valence-electron chi connectivity index (χ1n) is 11.7. The molecule has 0 spiro atoms. The summed E-state index contributed by atoms with van der Waals surface area (Å²) in [7, 11) is 0. The van der Waals surface area contributed by atoms with Crippen LogP contribution in [-0.4, -0.2) is 21.6 Å². The van der Waals surface area contributed by atoms with Crippen LogP contribution in [0.1, 0.15) is 107 Å². The molecule has 0 saturated heterocycles. The quantitative estimate of drug-likeness (QED) is 0.322. The van der Waals surface area contributed by atoms with Crippen molar-refractivity contribution in [3.63, 3.8) is 0 Å². The molecule has 0 radical (unpaired) electrons. The molecule has 0 bridgehead atoms. The van der Waals surface area contributed by atoms with Crippen molar-refractivity contribution in [1.82, 2.24) is 0 Å². The number of carbonyl (C=O) groups is 1. The van der Waals surface area contributed by atoms with E-state index >= 15 is 0 Å². The van der Waals surface area contributed by atoms with E-state index in [1.807, 2.05) is 0 Å². The zero-order valence-electron chi connectivity index (χ0n) is 17.6. The molecule has 2 N–H and O–H groups in total. The number of alkyl halides is 1. The minimum absolute atomic E-state index is 0.242. The zero-order chi connectivity index (χ0) is 20.6. The van der Waals surface area contributed by atoms with Gasteiger partial charge in [0.05, 0.1) is 6.10 Å². The van der Waals surface area contributed by atoms with E-state index in [0.717, 1.165) is 63.4 Å². The Balaban J connectivity index is 1.52. The fraction of sp³-hybridized carbons (Fsp3) is 0.720. The van der Waals surface area contributed by atoms with Crippen molar-refractivity contribution in [2.24, 2.45) is 11.8 Å². The smallest absolute Gasteiger partial charge is 0.303 e. The third kappa shape index (κ3) is 6.46. The Morgan fingerprint density at radius 1 is 0.966 bits per heavy atom. The molecule has 2 saturated carbocycles. The van der Waals surface area contributed by atoms with Gasteiger partial charge in [0, 0.05) is 11.8 Å². The van der Waals surface area contributed by atoms with Gasteiger partial charge < -0.3 is 10.2 Å². The number of rotatable bonds is 10. The van der Waals surface area contributed by atoms with E-state index < -0.39 is 5.97 Å². The van der Waals surface area contributed by atoms with Crippen LogP contribution in [0.3, 0.4) is 0 Å². The largest absolute Gasteiger partial charge is 0.481 e. The van der Waals surface area contributed by atoms with Crippen LogP contribution in [0.25, 0.3) is 0 Å². The highest BCUT2D eigenvalue weighted by molar-refractivity contribution is 6.21. The van der Waals surface area contributed by atoms with Crippen molar-refractivity contribution >= 4 is 17.6 Å². The predicted molar refractivity (Wildman–Crippen MR) is 118 cm³/mol. The molecule has 0 aliphatic heterocycles. The van der Waals surface area contributed by atoms with E-state index in [-0.39, 0.29) is 17.9 Å². The summed E-state index contributed by atoms with van der Waals surface area (Å²) >= 11 is 6.67.